The summed E-state index contributed by atoms with van der Waals surface area (Å²) in [6.45, 7) is 5.84. The van der Waals surface area contributed by atoms with E-state index in [0.717, 1.165) is 12.2 Å². The third kappa shape index (κ3) is 3.36. The van der Waals surface area contributed by atoms with Crippen LogP contribution in [0.3, 0.4) is 0 Å². The van der Waals surface area contributed by atoms with Crippen molar-refractivity contribution in [2.75, 3.05) is 30.6 Å². The molecule has 0 aliphatic heterocycles. The van der Waals surface area contributed by atoms with Crippen LogP contribution in [0.2, 0.25) is 0 Å². The first kappa shape index (κ1) is 12.7. The predicted octanol–water partition coefficient (Wildman–Crippen LogP) is 1.23. The van der Waals surface area contributed by atoms with Crippen LogP contribution in [0.1, 0.15) is 13.8 Å². The Kier molecular flexibility index (Phi) is 5.01. The van der Waals surface area contributed by atoms with E-state index in [4.69, 9.17) is 10.6 Å². The zero-order valence-corrected chi connectivity index (χ0v) is 10.1. The lowest BCUT2D eigenvalue weighted by atomic mass is 10.2. The SMILES string of the molecule is COCCN(c1ccnc(NN)c1)C(C)C. The monoisotopic (exact) mass is 224 g/mol. The fraction of sp³-hybridized carbons (Fsp3) is 0.545. The van der Waals surface area contributed by atoms with Crippen LogP contribution < -0.4 is 16.2 Å². The Morgan fingerprint density at radius 1 is 1.56 bits per heavy atom. The van der Waals surface area contributed by atoms with E-state index in [9.17, 15) is 0 Å². The molecule has 0 aliphatic carbocycles. The highest BCUT2D eigenvalue weighted by Crippen LogP contribution is 2.18. The Morgan fingerprint density at radius 3 is 2.88 bits per heavy atom. The summed E-state index contributed by atoms with van der Waals surface area (Å²) in [5, 5.41) is 0. The Balaban J connectivity index is 2.82. The zero-order chi connectivity index (χ0) is 12.0. The van der Waals surface area contributed by atoms with Crippen molar-refractivity contribution >= 4 is 11.5 Å². The first-order valence-electron chi connectivity index (χ1n) is 5.37. The first-order chi connectivity index (χ1) is 7.69. The zero-order valence-electron chi connectivity index (χ0n) is 10.1. The standard InChI is InChI=1S/C11H20N4O/c1-9(2)15(6-7-16-3)10-4-5-13-11(8-10)14-12/h4-5,8-9H,6-7,12H2,1-3H3,(H,13,14). The Morgan fingerprint density at radius 2 is 2.31 bits per heavy atom. The lowest BCUT2D eigenvalue weighted by Gasteiger charge is -2.28. The van der Waals surface area contributed by atoms with Crippen LogP contribution in [0, 0.1) is 0 Å². The fourth-order valence-electron chi connectivity index (χ4n) is 1.55. The number of ether oxygens (including phenoxy) is 1. The highest BCUT2D eigenvalue weighted by molar-refractivity contribution is 5.53. The van der Waals surface area contributed by atoms with Crippen molar-refractivity contribution in [3.8, 4) is 0 Å². The molecule has 16 heavy (non-hydrogen) atoms. The largest absolute Gasteiger partial charge is 0.383 e. The molecule has 1 heterocycles. The molecular weight excluding hydrogens is 204 g/mol. The van der Waals surface area contributed by atoms with Crippen molar-refractivity contribution in [3.63, 3.8) is 0 Å². The maximum Gasteiger partial charge on any atom is 0.141 e. The van der Waals surface area contributed by atoms with Gasteiger partial charge in [-0.1, -0.05) is 0 Å². The predicted molar refractivity (Wildman–Crippen MR) is 66.4 cm³/mol. The van der Waals surface area contributed by atoms with E-state index in [-0.39, 0.29) is 0 Å². The summed E-state index contributed by atoms with van der Waals surface area (Å²) in [5.41, 5.74) is 3.64. The topological polar surface area (TPSA) is 63.4 Å². The number of aromatic nitrogens is 1. The number of hydrazine groups is 1. The van der Waals surface area contributed by atoms with Crippen molar-refractivity contribution in [1.29, 1.82) is 0 Å². The van der Waals surface area contributed by atoms with Crippen LogP contribution in [0.15, 0.2) is 18.3 Å². The summed E-state index contributed by atoms with van der Waals surface area (Å²) in [5.74, 6) is 6.01. The van der Waals surface area contributed by atoms with Crippen LogP contribution in [0.4, 0.5) is 11.5 Å². The molecule has 1 rings (SSSR count). The molecule has 1 aromatic rings. The van der Waals surface area contributed by atoms with Crippen LogP contribution in [0.25, 0.3) is 0 Å². The molecule has 0 radical (unpaired) electrons. The lowest BCUT2D eigenvalue weighted by Crippen LogP contribution is -2.33. The molecule has 90 valence electrons. The van der Waals surface area contributed by atoms with Gasteiger partial charge in [0.1, 0.15) is 5.82 Å². The van der Waals surface area contributed by atoms with E-state index in [0.29, 0.717) is 18.5 Å². The van der Waals surface area contributed by atoms with Gasteiger partial charge in [-0.3, -0.25) is 0 Å². The molecule has 0 spiro atoms. The maximum absolute atomic E-state index is 5.34. The van der Waals surface area contributed by atoms with Crippen LogP contribution in [0.5, 0.6) is 0 Å². The number of nitrogens with one attached hydrogen (secondary N) is 1. The molecule has 0 saturated carbocycles. The summed E-state index contributed by atoms with van der Waals surface area (Å²) in [4.78, 5) is 6.33. The van der Waals surface area contributed by atoms with Gasteiger partial charge in [0.2, 0.25) is 0 Å². The lowest BCUT2D eigenvalue weighted by molar-refractivity contribution is 0.204. The molecule has 0 saturated heterocycles. The minimum Gasteiger partial charge on any atom is -0.383 e. The number of hydrogen-bond donors (Lipinski definition) is 2. The van der Waals surface area contributed by atoms with Gasteiger partial charge >= 0.3 is 0 Å². The molecule has 0 bridgehead atoms. The van der Waals surface area contributed by atoms with E-state index in [1.165, 1.54) is 0 Å². The molecule has 0 amide bonds. The molecule has 0 aromatic carbocycles. The maximum atomic E-state index is 5.34. The quantitative estimate of drug-likeness (QED) is 0.562. The van der Waals surface area contributed by atoms with Crippen molar-refractivity contribution in [1.82, 2.24) is 4.98 Å². The summed E-state index contributed by atoms with van der Waals surface area (Å²) in [6, 6.07) is 4.30. The van der Waals surface area contributed by atoms with Gasteiger partial charge in [0.05, 0.1) is 6.61 Å². The highest BCUT2D eigenvalue weighted by atomic mass is 16.5. The second-order valence-electron chi connectivity index (χ2n) is 3.82. The van der Waals surface area contributed by atoms with Gasteiger partial charge in [-0.05, 0) is 19.9 Å². The fourth-order valence-corrected chi connectivity index (χ4v) is 1.55. The van der Waals surface area contributed by atoms with E-state index in [1.807, 2.05) is 12.1 Å². The van der Waals surface area contributed by atoms with Crippen molar-refractivity contribution < 1.29 is 4.74 Å². The molecule has 0 fully saturated rings. The second-order valence-corrected chi connectivity index (χ2v) is 3.82. The number of pyridine rings is 1. The van der Waals surface area contributed by atoms with E-state index >= 15 is 0 Å². The minimum atomic E-state index is 0.406. The first-order valence-corrected chi connectivity index (χ1v) is 5.37. The highest BCUT2D eigenvalue weighted by Gasteiger charge is 2.10. The van der Waals surface area contributed by atoms with Crippen molar-refractivity contribution in [2.45, 2.75) is 19.9 Å². The average molecular weight is 224 g/mol. The van der Waals surface area contributed by atoms with Gasteiger partial charge in [0.15, 0.2) is 0 Å². The van der Waals surface area contributed by atoms with Crippen LogP contribution in [-0.4, -0.2) is 31.3 Å². The van der Waals surface area contributed by atoms with Gasteiger partial charge in [-0.25, -0.2) is 10.8 Å². The molecular formula is C11H20N4O. The molecule has 3 N–H and O–H groups in total. The molecule has 5 nitrogen and oxygen atoms in total. The molecule has 0 aliphatic rings. The number of nitrogens with zero attached hydrogens (tertiary/aromatic N) is 2. The third-order valence-electron chi connectivity index (χ3n) is 2.38. The Hall–Kier alpha value is -1.33. The molecule has 0 atom stereocenters. The van der Waals surface area contributed by atoms with E-state index in [1.54, 1.807) is 13.3 Å². The van der Waals surface area contributed by atoms with E-state index < -0.39 is 0 Å². The van der Waals surface area contributed by atoms with Gasteiger partial charge < -0.3 is 15.1 Å². The number of nitrogens with two attached hydrogens (primary N) is 1. The number of hydrogen-bond acceptors (Lipinski definition) is 5. The average Bonchev–Trinajstić information content (AvgIpc) is 2.29. The summed E-state index contributed by atoms with van der Waals surface area (Å²) >= 11 is 0. The molecule has 5 heteroatoms. The van der Waals surface area contributed by atoms with Gasteiger partial charge in [-0.15, -0.1) is 0 Å². The number of anilines is 2. The summed E-state index contributed by atoms with van der Waals surface area (Å²) in [6.07, 6.45) is 1.74. The summed E-state index contributed by atoms with van der Waals surface area (Å²) < 4.78 is 5.10. The minimum absolute atomic E-state index is 0.406. The van der Waals surface area contributed by atoms with Crippen LogP contribution in [-0.2, 0) is 4.74 Å². The Labute approximate surface area is 96.6 Å². The van der Waals surface area contributed by atoms with E-state index in [2.05, 4.69) is 29.2 Å². The van der Waals surface area contributed by atoms with Crippen molar-refractivity contribution in [2.24, 2.45) is 5.84 Å². The Bertz CT molecular complexity index is 317. The number of rotatable bonds is 6. The number of nitrogen functional groups attached to an aromatic ring is 1. The van der Waals surface area contributed by atoms with Gasteiger partial charge in [0.25, 0.3) is 0 Å². The second kappa shape index (κ2) is 6.30. The normalized spacial score (nSPS) is 10.6. The smallest absolute Gasteiger partial charge is 0.141 e. The van der Waals surface area contributed by atoms with Gasteiger partial charge in [0, 0.05) is 37.6 Å². The molecule has 0 unspecified atom stereocenters. The summed E-state index contributed by atoms with van der Waals surface area (Å²) in [7, 11) is 1.71. The van der Waals surface area contributed by atoms with Gasteiger partial charge in [-0.2, -0.15) is 0 Å². The van der Waals surface area contributed by atoms with Crippen LogP contribution >= 0.6 is 0 Å². The molecule has 1 aromatic heterocycles. The van der Waals surface area contributed by atoms with Crippen molar-refractivity contribution in [3.05, 3.63) is 18.3 Å². The number of methoxy groups -OCH3 is 1. The third-order valence-corrected chi connectivity index (χ3v) is 2.38.